The molecule has 0 fully saturated rings. The highest BCUT2D eigenvalue weighted by atomic mass is 32.2. The zero-order valence-electron chi connectivity index (χ0n) is 17.5. The number of sulfonamides is 1. The summed E-state index contributed by atoms with van der Waals surface area (Å²) in [6.45, 7) is 8.77. The minimum atomic E-state index is -3.72. The Morgan fingerprint density at radius 3 is 2.24 bits per heavy atom. The molecule has 0 saturated carbocycles. The van der Waals surface area contributed by atoms with Crippen LogP contribution in [0.25, 0.3) is 0 Å². The second-order valence-electron chi connectivity index (χ2n) is 7.25. The van der Waals surface area contributed by atoms with Gasteiger partial charge in [0.2, 0.25) is 15.8 Å². The summed E-state index contributed by atoms with van der Waals surface area (Å²) >= 11 is 0. The van der Waals surface area contributed by atoms with Gasteiger partial charge in [-0.2, -0.15) is 0 Å². The molecule has 0 aromatic heterocycles. The van der Waals surface area contributed by atoms with Gasteiger partial charge in [-0.05, 0) is 74.6 Å². The van der Waals surface area contributed by atoms with Crippen LogP contribution >= 0.6 is 0 Å². The summed E-state index contributed by atoms with van der Waals surface area (Å²) in [5.41, 5.74) is 4.89. The molecular formula is C22H27NO5S. The highest BCUT2D eigenvalue weighted by molar-refractivity contribution is 7.89. The molecule has 0 amide bonds. The Bertz CT molecular complexity index is 1040. The van der Waals surface area contributed by atoms with E-state index >= 15 is 0 Å². The number of Topliss-reactive ketones (excluding diaryl/α,β-unsaturated/α-hetero) is 1. The van der Waals surface area contributed by atoms with Gasteiger partial charge in [-0.15, -0.1) is 0 Å². The van der Waals surface area contributed by atoms with Crippen LogP contribution in [0.4, 0.5) is 0 Å². The van der Waals surface area contributed by atoms with Crippen LogP contribution in [0.1, 0.15) is 44.6 Å². The smallest absolute Gasteiger partial charge is 0.307 e. The highest BCUT2D eigenvalue weighted by Crippen LogP contribution is 2.17. The average Bonchev–Trinajstić information content (AvgIpc) is 2.64. The van der Waals surface area contributed by atoms with E-state index in [-0.39, 0.29) is 30.3 Å². The van der Waals surface area contributed by atoms with Gasteiger partial charge in [0.25, 0.3) is 0 Å². The van der Waals surface area contributed by atoms with Crippen LogP contribution in [0.15, 0.2) is 35.2 Å². The Morgan fingerprint density at radius 2 is 1.55 bits per heavy atom. The summed E-state index contributed by atoms with van der Waals surface area (Å²) in [6, 6.07) is 8.87. The molecule has 7 heteroatoms. The van der Waals surface area contributed by atoms with E-state index in [1.54, 1.807) is 25.1 Å². The average molecular weight is 418 g/mol. The maximum absolute atomic E-state index is 12.4. The zero-order valence-corrected chi connectivity index (χ0v) is 18.3. The summed E-state index contributed by atoms with van der Waals surface area (Å²) in [5, 5.41) is 0. The van der Waals surface area contributed by atoms with Gasteiger partial charge in [0, 0.05) is 12.1 Å². The fourth-order valence-electron chi connectivity index (χ4n) is 2.92. The third-order valence-corrected chi connectivity index (χ3v) is 6.36. The molecule has 0 bridgehead atoms. The highest BCUT2D eigenvalue weighted by Gasteiger charge is 2.18. The van der Waals surface area contributed by atoms with E-state index in [2.05, 4.69) is 4.72 Å². The van der Waals surface area contributed by atoms with Crippen LogP contribution in [-0.4, -0.2) is 33.3 Å². The van der Waals surface area contributed by atoms with Crippen molar-refractivity contribution in [2.24, 2.45) is 0 Å². The lowest BCUT2D eigenvalue weighted by atomic mass is 9.98. The molecule has 0 atom stereocenters. The van der Waals surface area contributed by atoms with Gasteiger partial charge in [-0.1, -0.05) is 18.2 Å². The number of ether oxygens (including phenoxy) is 1. The zero-order chi connectivity index (χ0) is 21.8. The largest absolute Gasteiger partial charge is 0.457 e. The standard InChI is InChI=1S/C22H27NO5S/c1-14-6-7-15(2)21(10-14)29(26,27)23-9-8-22(25)28-13-20(24)19-12-17(4)16(3)11-18(19)5/h6-7,10-12,23H,8-9,13H2,1-5H3. The van der Waals surface area contributed by atoms with Crippen molar-refractivity contribution in [1.29, 1.82) is 0 Å². The molecule has 0 aliphatic heterocycles. The van der Waals surface area contributed by atoms with E-state index in [0.717, 1.165) is 22.3 Å². The lowest BCUT2D eigenvalue weighted by Crippen LogP contribution is -2.28. The quantitative estimate of drug-likeness (QED) is 0.526. The Kier molecular flexibility index (Phi) is 7.32. The van der Waals surface area contributed by atoms with Gasteiger partial charge in [0.05, 0.1) is 11.3 Å². The second kappa shape index (κ2) is 9.33. The molecule has 0 spiro atoms. The number of carbonyl (C=O) groups excluding carboxylic acids is 2. The van der Waals surface area contributed by atoms with Gasteiger partial charge in [0.15, 0.2) is 6.61 Å². The molecule has 0 unspecified atom stereocenters. The van der Waals surface area contributed by atoms with Crippen molar-refractivity contribution in [3.8, 4) is 0 Å². The van der Waals surface area contributed by atoms with Crippen LogP contribution in [-0.2, 0) is 19.6 Å². The molecule has 6 nitrogen and oxygen atoms in total. The molecule has 0 saturated heterocycles. The summed E-state index contributed by atoms with van der Waals surface area (Å²) in [7, 11) is -3.72. The normalized spacial score (nSPS) is 11.3. The second-order valence-corrected chi connectivity index (χ2v) is 8.99. The monoisotopic (exact) mass is 417 g/mol. The van der Waals surface area contributed by atoms with E-state index in [1.807, 2.05) is 39.8 Å². The molecule has 29 heavy (non-hydrogen) atoms. The molecule has 0 heterocycles. The van der Waals surface area contributed by atoms with Gasteiger partial charge in [-0.25, -0.2) is 13.1 Å². The van der Waals surface area contributed by atoms with E-state index in [1.165, 1.54) is 0 Å². The van der Waals surface area contributed by atoms with Crippen LogP contribution < -0.4 is 4.72 Å². The van der Waals surface area contributed by atoms with Crippen LogP contribution in [0, 0.1) is 34.6 Å². The lowest BCUT2D eigenvalue weighted by Gasteiger charge is -2.11. The topological polar surface area (TPSA) is 89.5 Å². The molecule has 2 rings (SSSR count). The SMILES string of the molecule is Cc1ccc(C)c(S(=O)(=O)NCCC(=O)OCC(=O)c2cc(C)c(C)cc2C)c1. The van der Waals surface area contributed by atoms with Crippen LogP contribution in [0.2, 0.25) is 0 Å². The van der Waals surface area contributed by atoms with Crippen molar-refractivity contribution in [2.45, 2.75) is 45.9 Å². The molecule has 0 aliphatic carbocycles. The predicted molar refractivity (Wildman–Crippen MR) is 112 cm³/mol. The summed E-state index contributed by atoms with van der Waals surface area (Å²) in [5.74, 6) is -0.918. The summed E-state index contributed by atoms with van der Waals surface area (Å²) < 4.78 is 32.3. The maximum atomic E-state index is 12.4. The molecule has 156 valence electrons. The Balaban J connectivity index is 1.88. The van der Waals surface area contributed by atoms with Gasteiger partial charge in [0.1, 0.15) is 0 Å². The number of ketones is 1. The minimum Gasteiger partial charge on any atom is -0.457 e. The first kappa shape index (κ1) is 22.8. The predicted octanol–water partition coefficient (Wildman–Crippen LogP) is 3.32. The van der Waals surface area contributed by atoms with Gasteiger partial charge >= 0.3 is 5.97 Å². The number of esters is 1. The third kappa shape index (κ3) is 5.98. The first-order chi connectivity index (χ1) is 13.5. The fourth-order valence-corrected chi connectivity index (χ4v) is 4.28. The van der Waals surface area contributed by atoms with Crippen molar-refractivity contribution in [1.82, 2.24) is 4.72 Å². The number of hydrogen-bond acceptors (Lipinski definition) is 5. The Morgan fingerprint density at radius 1 is 0.897 bits per heavy atom. The van der Waals surface area contributed by atoms with Crippen molar-refractivity contribution < 1.29 is 22.7 Å². The van der Waals surface area contributed by atoms with Crippen molar-refractivity contribution >= 4 is 21.8 Å². The fraction of sp³-hybridized carbons (Fsp3) is 0.364. The molecular weight excluding hydrogens is 390 g/mol. The van der Waals surface area contributed by atoms with Crippen molar-refractivity contribution in [3.05, 3.63) is 63.7 Å². The van der Waals surface area contributed by atoms with E-state index in [0.29, 0.717) is 11.1 Å². The lowest BCUT2D eigenvalue weighted by molar-refractivity contribution is -0.142. The molecule has 2 aromatic carbocycles. The minimum absolute atomic E-state index is 0.106. The van der Waals surface area contributed by atoms with Crippen molar-refractivity contribution in [2.75, 3.05) is 13.2 Å². The summed E-state index contributed by atoms with van der Waals surface area (Å²) in [6.07, 6.45) is -0.163. The molecule has 0 aliphatic rings. The number of rotatable bonds is 8. The van der Waals surface area contributed by atoms with E-state index < -0.39 is 16.0 Å². The molecule has 0 radical (unpaired) electrons. The number of aryl methyl sites for hydroxylation is 5. The number of nitrogens with one attached hydrogen (secondary N) is 1. The van der Waals surface area contributed by atoms with Gasteiger partial charge < -0.3 is 4.74 Å². The molecule has 2 aromatic rings. The van der Waals surface area contributed by atoms with E-state index in [4.69, 9.17) is 4.74 Å². The number of hydrogen-bond donors (Lipinski definition) is 1. The number of carbonyl (C=O) groups is 2. The molecule has 1 N–H and O–H groups in total. The summed E-state index contributed by atoms with van der Waals surface area (Å²) in [4.78, 5) is 24.4. The van der Waals surface area contributed by atoms with Crippen molar-refractivity contribution in [3.63, 3.8) is 0 Å². The van der Waals surface area contributed by atoms with E-state index in [9.17, 15) is 18.0 Å². The first-order valence-corrected chi connectivity index (χ1v) is 10.8. The third-order valence-electron chi connectivity index (χ3n) is 4.76. The Hall–Kier alpha value is -2.51. The Labute approximate surface area is 172 Å². The maximum Gasteiger partial charge on any atom is 0.307 e. The first-order valence-electron chi connectivity index (χ1n) is 9.35. The number of benzene rings is 2. The van der Waals surface area contributed by atoms with Crippen LogP contribution in [0.3, 0.4) is 0 Å². The van der Waals surface area contributed by atoms with Crippen LogP contribution in [0.5, 0.6) is 0 Å². The van der Waals surface area contributed by atoms with Gasteiger partial charge in [-0.3, -0.25) is 9.59 Å².